The van der Waals surface area contributed by atoms with Crippen molar-refractivity contribution in [2.45, 2.75) is 38.0 Å². The van der Waals surface area contributed by atoms with Crippen LogP contribution in [0.2, 0.25) is 5.02 Å². The molecule has 1 heterocycles. The molecule has 0 unspecified atom stereocenters. The average molecular weight is 467 g/mol. The van der Waals surface area contributed by atoms with Crippen LogP contribution >= 0.6 is 11.6 Å². The van der Waals surface area contributed by atoms with Crippen LogP contribution < -0.4 is 5.32 Å². The SMILES string of the molecule is CC(C)OCc1ccc(CNC(=O)c2cc(S(=O)(=O)N3CCOCC3)ccc2Cl)cc1. The quantitative estimate of drug-likeness (QED) is 0.645. The molecule has 168 valence electrons. The molecule has 0 bridgehead atoms. The normalized spacial score (nSPS) is 15.2. The predicted octanol–water partition coefficient (Wildman–Crippen LogP) is 3.22. The molecule has 9 heteroatoms. The van der Waals surface area contributed by atoms with Crippen molar-refractivity contribution in [3.63, 3.8) is 0 Å². The summed E-state index contributed by atoms with van der Waals surface area (Å²) in [6.07, 6.45) is 0.159. The Morgan fingerprint density at radius 1 is 1.13 bits per heavy atom. The topological polar surface area (TPSA) is 84.9 Å². The number of rotatable bonds is 8. The first-order valence-corrected chi connectivity index (χ1v) is 11.9. The number of halogens is 1. The molecule has 1 aliphatic heterocycles. The molecule has 0 radical (unpaired) electrons. The van der Waals surface area contributed by atoms with Gasteiger partial charge in [-0.3, -0.25) is 4.79 Å². The van der Waals surface area contributed by atoms with Gasteiger partial charge in [0.25, 0.3) is 5.91 Å². The number of hydrogen-bond donors (Lipinski definition) is 1. The molecular weight excluding hydrogens is 440 g/mol. The zero-order valence-electron chi connectivity index (χ0n) is 17.6. The summed E-state index contributed by atoms with van der Waals surface area (Å²) in [4.78, 5) is 12.7. The lowest BCUT2D eigenvalue weighted by Crippen LogP contribution is -2.40. The summed E-state index contributed by atoms with van der Waals surface area (Å²) in [5.74, 6) is -0.434. The van der Waals surface area contributed by atoms with Crippen LogP contribution in [0, 0.1) is 0 Å². The summed E-state index contributed by atoms with van der Waals surface area (Å²) in [6.45, 7) is 6.05. The van der Waals surface area contributed by atoms with Crippen LogP contribution in [-0.4, -0.2) is 51.0 Å². The van der Waals surface area contributed by atoms with Gasteiger partial charge in [0.2, 0.25) is 10.0 Å². The van der Waals surface area contributed by atoms with E-state index >= 15 is 0 Å². The fourth-order valence-corrected chi connectivity index (χ4v) is 4.71. The Labute approximate surface area is 188 Å². The van der Waals surface area contributed by atoms with Crippen LogP contribution in [0.1, 0.15) is 35.3 Å². The lowest BCUT2D eigenvalue weighted by atomic mass is 10.1. The van der Waals surface area contributed by atoms with Crippen LogP contribution in [0.15, 0.2) is 47.4 Å². The van der Waals surface area contributed by atoms with Crippen molar-refractivity contribution < 1.29 is 22.7 Å². The second-order valence-electron chi connectivity index (χ2n) is 7.52. The highest BCUT2D eigenvalue weighted by atomic mass is 35.5. The molecule has 7 nitrogen and oxygen atoms in total. The summed E-state index contributed by atoms with van der Waals surface area (Å²) in [5, 5.41) is 3.00. The Balaban J connectivity index is 1.67. The fourth-order valence-electron chi connectivity index (χ4n) is 3.07. The van der Waals surface area contributed by atoms with Gasteiger partial charge < -0.3 is 14.8 Å². The van der Waals surface area contributed by atoms with E-state index < -0.39 is 15.9 Å². The summed E-state index contributed by atoms with van der Waals surface area (Å²) >= 11 is 6.19. The molecule has 0 spiro atoms. The number of hydrogen-bond acceptors (Lipinski definition) is 5. The third kappa shape index (κ3) is 6.27. The van der Waals surface area contributed by atoms with Gasteiger partial charge >= 0.3 is 0 Å². The Bertz CT molecular complexity index is 1000. The lowest BCUT2D eigenvalue weighted by molar-refractivity contribution is 0.0657. The highest BCUT2D eigenvalue weighted by Gasteiger charge is 2.27. The van der Waals surface area contributed by atoms with Crippen molar-refractivity contribution in [1.82, 2.24) is 9.62 Å². The number of morpholine rings is 1. The maximum absolute atomic E-state index is 12.9. The third-order valence-corrected chi connectivity index (χ3v) is 7.07. The summed E-state index contributed by atoms with van der Waals surface area (Å²) in [6, 6.07) is 11.9. The van der Waals surface area contributed by atoms with E-state index in [1.54, 1.807) is 0 Å². The number of benzene rings is 2. The zero-order valence-corrected chi connectivity index (χ0v) is 19.2. The average Bonchev–Trinajstić information content (AvgIpc) is 2.77. The summed E-state index contributed by atoms with van der Waals surface area (Å²) in [5.41, 5.74) is 2.08. The van der Waals surface area contributed by atoms with Crippen molar-refractivity contribution >= 4 is 27.5 Å². The molecule has 3 rings (SSSR count). The number of nitrogens with one attached hydrogen (secondary N) is 1. The molecule has 2 aromatic rings. The largest absolute Gasteiger partial charge is 0.379 e. The van der Waals surface area contributed by atoms with Crippen LogP contribution in [-0.2, 0) is 32.6 Å². The van der Waals surface area contributed by atoms with Gasteiger partial charge in [0.05, 0.1) is 41.4 Å². The molecule has 2 aromatic carbocycles. The number of carbonyl (C=O) groups excluding carboxylic acids is 1. The highest BCUT2D eigenvalue weighted by molar-refractivity contribution is 7.89. The van der Waals surface area contributed by atoms with Crippen molar-refractivity contribution in [1.29, 1.82) is 0 Å². The van der Waals surface area contributed by atoms with Gasteiger partial charge in [0, 0.05) is 19.6 Å². The predicted molar refractivity (Wildman–Crippen MR) is 119 cm³/mol. The molecule has 0 aromatic heterocycles. The zero-order chi connectivity index (χ0) is 22.4. The molecular formula is C22H27ClN2O5S. The van der Waals surface area contributed by atoms with Gasteiger partial charge in [-0.2, -0.15) is 4.31 Å². The maximum Gasteiger partial charge on any atom is 0.253 e. The molecule has 1 fully saturated rings. The molecule has 1 amide bonds. The second kappa shape index (κ2) is 10.6. The van der Waals surface area contributed by atoms with Gasteiger partial charge in [0.1, 0.15) is 0 Å². The first kappa shape index (κ1) is 23.7. The van der Waals surface area contributed by atoms with E-state index in [1.807, 2.05) is 38.1 Å². The smallest absolute Gasteiger partial charge is 0.253 e. The van der Waals surface area contributed by atoms with Crippen molar-refractivity contribution in [2.75, 3.05) is 26.3 Å². The van der Waals surface area contributed by atoms with E-state index in [4.69, 9.17) is 21.1 Å². The van der Waals surface area contributed by atoms with Crippen LogP contribution in [0.25, 0.3) is 0 Å². The Hall–Kier alpha value is -1.97. The van der Waals surface area contributed by atoms with E-state index in [2.05, 4.69) is 5.32 Å². The van der Waals surface area contributed by atoms with E-state index in [9.17, 15) is 13.2 Å². The Morgan fingerprint density at radius 2 is 1.77 bits per heavy atom. The first-order chi connectivity index (χ1) is 14.8. The van der Waals surface area contributed by atoms with Gasteiger partial charge in [-0.05, 0) is 43.2 Å². The first-order valence-electron chi connectivity index (χ1n) is 10.1. The minimum atomic E-state index is -3.72. The monoisotopic (exact) mass is 466 g/mol. The maximum atomic E-state index is 12.9. The standard InChI is InChI=1S/C22H27ClN2O5S/c1-16(2)30-15-18-5-3-17(4-6-18)14-24-22(26)20-13-19(7-8-21(20)23)31(27,28)25-9-11-29-12-10-25/h3-8,13,16H,9-12,14-15H2,1-2H3,(H,24,26). The highest BCUT2D eigenvalue weighted by Crippen LogP contribution is 2.24. The van der Waals surface area contributed by atoms with Crippen molar-refractivity contribution in [3.05, 3.63) is 64.2 Å². The molecule has 0 atom stereocenters. The van der Waals surface area contributed by atoms with Gasteiger partial charge in [0.15, 0.2) is 0 Å². The van der Waals surface area contributed by atoms with Crippen LogP contribution in [0.3, 0.4) is 0 Å². The lowest BCUT2D eigenvalue weighted by Gasteiger charge is -2.26. The summed E-state index contributed by atoms with van der Waals surface area (Å²) < 4.78 is 37.9. The second-order valence-corrected chi connectivity index (χ2v) is 9.86. The molecule has 0 saturated carbocycles. The van der Waals surface area contributed by atoms with Gasteiger partial charge in [-0.25, -0.2) is 8.42 Å². The number of amides is 1. The van der Waals surface area contributed by atoms with Crippen LogP contribution in [0.5, 0.6) is 0 Å². The minimum absolute atomic E-state index is 0.0402. The van der Waals surface area contributed by atoms with Crippen molar-refractivity contribution in [3.8, 4) is 0 Å². The van der Waals surface area contributed by atoms with E-state index in [0.29, 0.717) is 26.4 Å². The molecule has 1 N–H and O–H groups in total. The van der Waals surface area contributed by atoms with Crippen LogP contribution in [0.4, 0.5) is 0 Å². The number of carbonyl (C=O) groups is 1. The van der Waals surface area contributed by atoms with E-state index in [0.717, 1.165) is 11.1 Å². The molecule has 31 heavy (non-hydrogen) atoms. The fraction of sp³-hybridized carbons (Fsp3) is 0.409. The van der Waals surface area contributed by atoms with E-state index in [-0.39, 0.29) is 34.7 Å². The Morgan fingerprint density at radius 3 is 2.42 bits per heavy atom. The van der Waals surface area contributed by atoms with Gasteiger partial charge in [-0.1, -0.05) is 35.9 Å². The van der Waals surface area contributed by atoms with Crippen molar-refractivity contribution in [2.24, 2.45) is 0 Å². The van der Waals surface area contributed by atoms with E-state index in [1.165, 1.54) is 22.5 Å². The number of ether oxygens (including phenoxy) is 2. The van der Waals surface area contributed by atoms with Gasteiger partial charge in [-0.15, -0.1) is 0 Å². The molecule has 0 aliphatic carbocycles. The number of sulfonamides is 1. The number of nitrogens with zero attached hydrogens (tertiary/aromatic N) is 1. The minimum Gasteiger partial charge on any atom is -0.379 e. The third-order valence-electron chi connectivity index (χ3n) is 4.85. The Kier molecular flexibility index (Phi) is 8.07. The molecule has 1 aliphatic rings. The molecule has 1 saturated heterocycles. The summed E-state index contributed by atoms with van der Waals surface area (Å²) in [7, 11) is -3.72.